The number of rotatable bonds is 1. The van der Waals surface area contributed by atoms with E-state index < -0.39 is 10.1 Å². The fourth-order valence-corrected chi connectivity index (χ4v) is 4.15. The molecule has 0 fully saturated rings. The first-order valence-corrected chi connectivity index (χ1v) is 10.6. The number of nitrogens with zero attached hydrogens (tertiary/aromatic N) is 1. The third-order valence-corrected chi connectivity index (χ3v) is 6.46. The maximum atomic E-state index is 10.4. The summed E-state index contributed by atoms with van der Waals surface area (Å²) in [6.45, 7) is 8.68. The summed E-state index contributed by atoms with van der Waals surface area (Å²) in [5.74, 6) is 0. The largest absolute Gasteiger partial charge is 0.744 e. The molecule has 4 rings (SSSR count). The van der Waals surface area contributed by atoms with Gasteiger partial charge in [0.05, 0.1) is 10.3 Å². The van der Waals surface area contributed by atoms with Crippen molar-refractivity contribution in [1.82, 2.24) is 0 Å². The van der Waals surface area contributed by atoms with Gasteiger partial charge in [-0.05, 0) is 49.7 Å². The van der Waals surface area contributed by atoms with Gasteiger partial charge in [0.15, 0.2) is 5.71 Å². The molecule has 0 atom stereocenters. The van der Waals surface area contributed by atoms with Gasteiger partial charge in [-0.25, -0.2) is 13.0 Å². The van der Waals surface area contributed by atoms with Gasteiger partial charge in [0.1, 0.15) is 17.2 Å². The molecule has 1 heterocycles. The molecular formula is C23H25NO3S. The summed E-state index contributed by atoms with van der Waals surface area (Å²) >= 11 is 0. The van der Waals surface area contributed by atoms with E-state index in [1.165, 1.54) is 39.9 Å². The summed E-state index contributed by atoms with van der Waals surface area (Å²) in [6.07, 6.45) is 0. The van der Waals surface area contributed by atoms with E-state index in [2.05, 4.69) is 68.8 Å². The Morgan fingerprint density at radius 2 is 1.50 bits per heavy atom. The number of benzene rings is 3. The van der Waals surface area contributed by atoms with Crippen molar-refractivity contribution in [2.75, 3.05) is 7.05 Å². The number of fused-ring (bicyclic) bond motifs is 3. The molecule has 0 bridgehead atoms. The molecule has 4 nitrogen and oxygen atoms in total. The van der Waals surface area contributed by atoms with Crippen molar-refractivity contribution in [2.24, 2.45) is 0 Å². The minimum Gasteiger partial charge on any atom is -0.744 e. The summed E-state index contributed by atoms with van der Waals surface area (Å²) in [5, 5.41) is 2.72. The molecule has 3 aromatic carbocycles. The maximum absolute atomic E-state index is 10.4. The molecule has 5 heteroatoms. The van der Waals surface area contributed by atoms with Crippen molar-refractivity contribution < 1.29 is 17.5 Å². The first kappa shape index (κ1) is 20.2. The van der Waals surface area contributed by atoms with E-state index in [0.717, 1.165) is 5.56 Å². The van der Waals surface area contributed by atoms with E-state index >= 15 is 0 Å². The van der Waals surface area contributed by atoms with Crippen molar-refractivity contribution in [3.63, 3.8) is 0 Å². The molecule has 0 unspecified atom stereocenters. The average molecular weight is 396 g/mol. The molecule has 0 N–H and O–H groups in total. The Bertz CT molecular complexity index is 1170. The molecule has 146 valence electrons. The van der Waals surface area contributed by atoms with Crippen molar-refractivity contribution in [1.29, 1.82) is 0 Å². The minimum absolute atomic E-state index is 0.130. The Hall–Kier alpha value is -2.50. The van der Waals surface area contributed by atoms with Gasteiger partial charge in [0, 0.05) is 18.6 Å². The first-order chi connectivity index (χ1) is 13.0. The highest BCUT2D eigenvalue weighted by molar-refractivity contribution is 7.85. The number of hydrogen-bond donors (Lipinski definition) is 0. The van der Waals surface area contributed by atoms with Crippen molar-refractivity contribution in [3.05, 3.63) is 71.8 Å². The summed E-state index contributed by atoms with van der Waals surface area (Å²) in [4.78, 5) is -0.178. The predicted octanol–water partition coefficient (Wildman–Crippen LogP) is 4.76. The quantitative estimate of drug-likeness (QED) is 0.441. The molecule has 28 heavy (non-hydrogen) atoms. The fraction of sp³-hybridized carbons (Fsp3) is 0.261. The van der Waals surface area contributed by atoms with Crippen LogP contribution in [-0.2, 0) is 15.5 Å². The third-order valence-electron chi connectivity index (χ3n) is 5.61. The van der Waals surface area contributed by atoms with Crippen LogP contribution in [0.15, 0.2) is 65.6 Å². The minimum atomic E-state index is -4.27. The van der Waals surface area contributed by atoms with E-state index in [9.17, 15) is 13.0 Å². The second-order valence-corrected chi connectivity index (χ2v) is 9.10. The first-order valence-electron chi connectivity index (χ1n) is 9.16. The zero-order valence-corrected chi connectivity index (χ0v) is 17.7. The van der Waals surface area contributed by atoms with Crippen LogP contribution in [0.4, 0.5) is 5.69 Å². The lowest BCUT2D eigenvalue weighted by Gasteiger charge is -2.17. The lowest BCUT2D eigenvalue weighted by atomic mass is 9.80. The van der Waals surface area contributed by atoms with Crippen LogP contribution in [0.1, 0.15) is 31.9 Å². The topological polar surface area (TPSA) is 60.2 Å². The average Bonchev–Trinajstić information content (AvgIpc) is 2.82. The van der Waals surface area contributed by atoms with Crippen LogP contribution in [0, 0.1) is 6.92 Å². The standard InChI is InChI=1S/C16H18N.C7H8O3S/c1-11-16(2,3)15-13-8-6-5-7-12(13)9-10-14(15)17(11)4;1-6-2-4-7(5-3-6)11(8,9)10/h5-10H,1-4H3;2-5H,1H3,(H,8,9,10)/q+1;/p-1. The molecule has 3 aromatic rings. The zero-order chi connectivity index (χ0) is 20.7. The van der Waals surface area contributed by atoms with Gasteiger partial charge >= 0.3 is 0 Å². The van der Waals surface area contributed by atoms with Crippen molar-refractivity contribution in [2.45, 2.75) is 38.0 Å². The summed E-state index contributed by atoms with van der Waals surface area (Å²) in [7, 11) is -2.11. The second-order valence-electron chi connectivity index (χ2n) is 7.72. The highest BCUT2D eigenvalue weighted by Crippen LogP contribution is 2.42. The van der Waals surface area contributed by atoms with Crippen LogP contribution in [0.3, 0.4) is 0 Å². The van der Waals surface area contributed by atoms with Gasteiger partial charge in [-0.3, -0.25) is 0 Å². The van der Waals surface area contributed by atoms with Crippen molar-refractivity contribution in [3.8, 4) is 0 Å². The molecule has 0 radical (unpaired) electrons. The Balaban J connectivity index is 0.000000178. The molecule has 1 aliphatic rings. The van der Waals surface area contributed by atoms with Gasteiger partial charge in [-0.15, -0.1) is 0 Å². The molecule has 0 spiro atoms. The Morgan fingerprint density at radius 3 is 2.11 bits per heavy atom. The van der Waals surface area contributed by atoms with E-state index in [0.29, 0.717) is 0 Å². The van der Waals surface area contributed by atoms with Gasteiger partial charge in [0.25, 0.3) is 0 Å². The van der Waals surface area contributed by atoms with E-state index in [4.69, 9.17) is 0 Å². The van der Waals surface area contributed by atoms with E-state index in [1.54, 1.807) is 12.1 Å². The lowest BCUT2D eigenvalue weighted by Crippen LogP contribution is -2.25. The van der Waals surface area contributed by atoms with Crippen LogP contribution in [-0.4, -0.2) is 30.3 Å². The molecule has 0 saturated heterocycles. The lowest BCUT2D eigenvalue weighted by molar-refractivity contribution is -0.402. The van der Waals surface area contributed by atoms with Crippen LogP contribution < -0.4 is 0 Å². The third kappa shape index (κ3) is 3.60. The number of aryl methyl sites for hydroxylation is 1. The maximum Gasteiger partial charge on any atom is 0.209 e. The predicted molar refractivity (Wildman–Crippen MR) is 113 cm³/mol. The summed E-state index contributed by atoms with van der Waals surface area (Å²) in [6, 6.07) is 18.9. The van der Waals surface area contributed by atoms with Crippen LogP contribution >= 0.6 is 0 Å². The van der Waals surface area contributed by atoms with Gasteiger partial charge in [-0.1, -0.05) is 42.0 Å². The molecular weight excluding hydrogens is 370 g/mol. The molecule has 0 amide bonds. The van der Waals surface area contributed by atoms with Crippen LogP contribution in [0.25, 0.3) is 10.8 Å². The Labute approximate surface area is 166 Å². The SMILES string of the molecule is CC1=[N+](C)c2ccc3ccccc3c2C1(C)C.Cc1ccc(S(=O)(=O)[O-])cc1. The summed E-state index contributed by atoms with van der Waals surface area (Å²) in [5.41, 5.74) is 5.30. The second kappa shape index (κ2) is 7.15. The normalized spacial score (nSPS) is 15.2. The summed E-state index contributed by atoms with van der Waals surface area (Å²) < 4.78 is 33.5. The van der Waals surface area contributed by atoms with E-state index in [-0.39, 0.29) is 10.3 Å². The smallest absolute Gasteiger partial charge is 0.209 e. The highest BCUT2D eigenvalue weighted by atomic mass is 32.2. The molecule has 0 aromatic heterocycles. The van der Waals surface area contributed by atoms with Crippen molar-refractivity contribution >= 4 is 32.3 Å². The fourth-order valence-electron chi connectivity index (χ4n) is 3.68. The molecule has 1 aliphatic heterocycles. The molecule has 0 aliphatic carbocycles. The number of hydrogen-bond acceptors (Lipinski definition) is 3. The van der Waals surface area contributed by atoms with Crippen LogP contribution in [0.2, 0.25) is 0 Å². The van der Waals surface area contributed by atoms with Gasteiger partial charge in [0.2, 0.25) is 5.69 Å². The molecule has 0 saturated carbocycles. The van der Waals surface area contributed by atoms with E-state index in [1.807, 2.05) is 6.92 Å². The zero-order valence-electron chi connectivity index (χ0n) is 16.9. The Morgan fingerprint density at radius 1 is 0.893 bits per heavy atom. The Kier molecular flexibility index (Phi) is 5.17. The van der Waals surface area contributed by atoms with Crippen LogP contribution in [0.5, 0.6) is 0 Å². The monoisotopic (exact) mass is 395 g/mol. The van der Waals surface area contributed by atoms with Gasteiger partial charge in [-0.2, -0.15) is 0 Å². The van der Waals surface area contributed by atoms with Gasteiger partial charge < -0.3 is 4.55 Å². The highest BCUT2D eigenvalue weighted by Gasteiger charge is 2.42.